The monoisotopic (exact) mass is 253 g/mol. The maximum atomic E-state index is 6.00. The molecule has 0 bridgehead atoms. The number of benzene rings is 1. The first-order chi connectivity index (χ1) is 7.99. The molecule has 0 aliphatic rings. The SMILES string of the molecule is CC(C)CCC(C)N[C@H](C)c1cccc(Cl)c1. The average Bonchev–Trinajstić information content (AvgIpc) is 2.26. The number of rotatable bonds is 6. The van der Waals surface area contributed by atoms with Gasteiger partial charge in [-0.2, -0.15) is 0 Å². The van der Waals surface area contributed by atoms with E-state index in [4.69, 9.17) is 11.6 Å². The second kappa shape index (κ2) is 7.03. The highest BCUT2D eigenvalue weighted by Gasteiger charge is 2.10. The molecule has 1 aromatic carbocycles. The Balaban J connectivity index is 2.45. The summed E-state index contributed by atoms with van der Waals surface area (Å²) in [6.07, 6.45) is 2.50. The molecule has 0 radical (unpaired) electrons. The first-order valence-corrected chi connectivity index (χ1v) is 6.88. The van der Waals surface area contributed by atoms with Gasteiger partial charge in [-0.3, -0.25) is 0 Å². The quantitative estimate of drug-likeness (QED) is 0.767. The molecular weight excluding hydrogens is 230 g/mol. The minimum absolute atomic E-state index is 0.357. The lowest BCUT2D eigenvalue weighted by Crippen LogP contribution is -2.29. The normalized spacial score (nSPS) is 14.9. The lowest BCUT2D eigenvalue weighted by molar-refractivity contribution is 0.417. The molecule has 0 aliphatic heterocycles. The van der Waals surface area contributed by atoms with E-state index in [1.807, 2.05) is 18.2 Å². The van der Waals surface area contributed by atoms with E-state index in [9.17, 15) is 0 Å². The molecule has 1 N–H and O–H groups in total. The Morgan fingerprint density at radius 3 is 2.41 bits per heavy atom. The van der Waals surface area contributed by atoms with Crippen molar-refractivity contribution in [2.45, 2.75) is 52.6 Å². The average molecular weight is 254 g/mol. The summed E-state index contributed by atoms with van der Waals surface area (Å²) in [7, 11) is 0. The fourth-order valence-corrected chi connectivity index (χ4v) is 2.16. The molecule has 0 heterocycles. The number of nitrogens with one attached hydrogen (secondary N) is 1. The Morgan fingerprint density at radius 1 is 1.12 bits per heavy atom. The van der Waals surface area contributed by atoms with Crippen LogP contribution in [0.15, 0.2) is 24.3 Å². The third kappa shape index (κ3) is 5.56. The molecule has 0 spiro atoms. The Bertz CT molecular complexity index is 335. The highest BCUT2D eigenvalue weighted by atomic mass is 35.5. The molecule has 1 nitrogen and oxygen atoms in total. The first-order valence-electron chi connectivity index (χ1n) is 6.50. The zero-order chi connectivity index (χ0) is 12.8. The second-order valence-electron chi connectivity index (χ2n) is 5.32. The zero-order valence-electron chi connectivity index (χ0n) is 11.3. The topological polar surface area (TPSA) is 12.0 Å². The fraction of sp³-hybridized carbons (Fsp3) is 0.600. The zero-order valence-corrected chi connectivity index (χ0v) is 12.1. The van der Waals surface area contributed by atoms with Gasteiger partial charge in [-0.15, -0.1) is 0 Å². The molecule has 0 aromatic heterocycles. The van der Waals surface area contributed by atoms with E-state index >= 15 is 0 Å². The molecule has 96 valence electrons. The van der Waals surface area contributed by atoms with Crippen LogP contribution in [0.25, 0.3) is 0 Å². The number of halogens is 1. The van der Waals surface area contributed by atoms with Crippen molar-refractivity contribution in [2.24, 2.45) is 5.92 Å². The molecule has 2 atom stereocenters. The smallest absolute Gasteiger partial charge is 0.0409 e. The highest BCUT2D eigenvalue weighted by Crippen LogP contribution is 2.18. The molecule has 1 aromatic rings. The van der Waals surface area contributed by atoms with Crippen molar-refractivity contribution in [3.05, 3.63) is 34.9 Å². The van der Waals surface area contributed by atoms with Crippen LogP contribution >= 0.6 is 11.6 Å². The summed E-state index contributed by atoms with van der Waals surface area (Å²) in [5.41, 5.74) is 1.26. The number of hydrogen-bond acceptors (Lipinski definition) is 1. The summed E-state index contributed by atoms with van der Waals surface area (Å²) in [5.74, 6) is 0.778. The van der Waals surface area contributed by atoms with Crippen LogP contribution in [0, 0.1) is 5.92 Å². The van der Waals surface area contributed by atoms with Crippen LogP contribution < -0.4 is 5.32 Å². The molecular formula is C15H24ClN. The van der Waals surface area contributed by atoms with Crippen molar-refractivity contribution in [3.8, 4) is 0 Å². The minimum atomic E-state index is 0.357. The summed E-state index contributed by atoms with van der Waals surface area (Å²) in [6, 6.07) is 8.99. The van der Waals surface area contributed by atoms with Gasteiger partial charge in [0, 0.05) is 17.1 Å². The molecule has 1 rings (SSSR count). The van der Waals surface area contributed by atoms with Gasteiger partial charge in [0.25, 0.3) is 0 Å². The van der Waals surface area contributed by atoms with Gasteiger partial charge in [-0.05, 0) is 50.3 Å². The van der Waals surface area contributed by atoms with Gasteiger partial charge in [-0.25, -0.2) is 0 Å². The van der Waals surface area contributed by atoms with E-state index in [1.54, 1.807) is 0 Å². The summed E-state index contributed by atoms with van der Waals surface area (Å²) < 4.78 is 0. The fourth-order valence-electron chi connectivity index (χ4n) is 1.97. The van der Waals surface area contributed by atoms with Crippen molar-refractivity contribution in [1.82, 2.24) is 5.32 Å². The standard InChI is InChI=1S/C15H24ClN/c1-11(2)8-9-12(3)17-13(4)14-6-5-7-15(16)10-14/h5-7,10-13,17H,8-9H2,1-4H3/t12?,13-/m1/s1. The van der Waals surface area contributed by atoms with Crippen molar-refractivity contribution in [1.29, 1.82) is 0 Å². The highest BCUT2D eigenvalue weighted by molar-refractivity contribution is 6.30. The Labute approximate surface area is 111 Å². The lowest BCUT2D eigenvalue weighted by atomic mass is 10.0. The summed E-state index contributed by atoms with van der Waals surface area (Å²) in [6.45, 7) is 8.99. The van der Waals surface area contributed by atoms with Crippen molar-refractivity contribution in [3.63, 3.8) is 0 Å². The van der Waals surface area contributed by atoms with Gasteiger partial charge in [0.1, 0.15) is 0 Å². The van der Waals surface area contributed by atoms with Crippen LogP contribution in [0.4, 0.5) is 0 Å². The molecule has 0 fully saturated rings. The van der Waals surface area contributed by atoms with Crippen LogP contribution in [0.2, 0.25) is 5.02 Å². The Hall–Kier alpha value is -0.530. The van der Waals surface area contributed by atoms with Crippen molar-refractivity contribution < 1.29 is 0 Å². The van der Waals surface area contributed by atoms with Gasteiger partial charge in [0.05, 0.1) is 0 Å². The summed E-state index contributed by atoms with van der Waals surface area (Å²) in [5, 5.41) is 4.43. The third-order valence-electron chi connectivity index (χ3n) is 3.06. The van der Waals surface area contributed by atoms with Crippen LogP contribution in [-0.4, -0.2) is 6.04 Å². The largest absolute Gasteiger partial charge is 0.308 e. The Morgan fingerprint density at radius 2 is 1.82 bits per heavy atom. The van der Waals surface area contributed by atoms with Crippen molar-refractivity contribution in [2.75, 3.05) is 0 Å². The summed E-state index contributed by atoms with van der Waals surface area (Å²) >= 11 is 6.00. The van der Waals surface area contributed by atoms with Gasteiger partial charge >= 0.3 is 0 Å². The second-order valence-corrected chi connectivity index (χ2v) is 5.75. The maximum Gasteiger partial charge on any atom is 0.0409 e. The molecule has 2 heteroatoms. The van der Waals surface area contributed by atoms with Gasteiger partial charge in [-0.1, -0.05) is 37.6 Å². The molecule has 17 heavy (non-hydrogen) atoms. The van der Waals surface area contributed by atoms with Crippen molar-refractivity contribution >= 4 is 11.6 Å². The summed E-state index contributed by atoms with van der Waals surface area (Å²) in [4.78, 5) is 0. The van der Waals surface area contributed by atoms with Gasteiger partial charge in [0.2, 0.25) is 0 Å². The maximum absolute atomic E-state index is 6.00. The molecule has 0 saturated carbocycles. The lowest BCUT2D eigenvalue weighted by Gasteiger charge is -2.21. The molecule has 1 unspecified atom stereocenters. The van der Waals surface area contributed by atoms with E-state index in [0.29, 0.717) is 12.1 Å². The van der Waals surface area contributed by atoms with Crippen LogP contribution in [0.5, 0.6) is 0 Å². The van der Waals surface area contributed by atoms with Crippen LogP contribution in [0.3, 0.4) is 0 Å². The molecule has 0 aliphatic carbocycles. The van der Waals surface area contributed by atoms with Gasteiger partial charge < -0.3 is 5.32 Å². The number of hydrogen-bond donors (Lipinski definition) is 1. The van der Waals surface area contributed by atoms with E-state index < -0.39 is 0 Å². The van der Waals surface area contributed by atoms with Gasteiger partial charge in [0.15, 0.2) is 0 Å². The van der Waals surface area contributed by atoms with Crippen LogP contribution in [-0.2, 0) is 0 Å². The first kappa shape index (κ1) is 14.5. The van der Waals surface area contributed by atoms with Crippen LogP contribution in [0.1, 0.15) is 52.1 Å². The van der Waals surface area contributed by atoms with E-state index in [1.165, 1.54) is 18.4 Å². The predicted molar refractivity (Wildman–Crippen MR) is 76.5 cm³/mol. The van der Waals surface area contributed by atoms with E-state index in [0.717, 1.165) is 10.9 Å². The molecule has 0 amide bonds. The van der Waals surface area contributed by atoms with E-state index in [2.05, 4.69) is 39.1 Å². The third-order valence-corrected chi connectivity index (χ3v) is 3.30. The minimum Gasteiger partial charge on any atom is -0.308 e. The molecule has 0 saturated heterocycles. The predicted octanol–water partition coefficient (Wildman–Crippen LogP) is 4.82. The Kier molecular flexibility index (Phi) is 6.01. The van der Waals surface area contributed by atoms with E-state index in [-0.39, 0.29) is 0 Å².